The van der Waals surface area contributed by atoms with Crippen LogP contribution in [0.15, 0.2) is 47.4 Å². The summed E-state index contributed by atoms with van der Waals surface area (Å²) in [4.78, 5) is 11.2. The first-order valence-electron chi connectivity index (χ1n) is 5.47. The summed E-state index contributed by atoms with van der Waals surface area (Å²) in [7, 11) is 0. The van der Waals surface area contributed by atoms with Gasteiger partial charge in [0.05, 0.1) is 4.92 Å². The Labute approximate surface area is 113 Å². The van der Waals surface area contributed by atoms with Gasteiger partial charge in [0.25, 0.3) is 5.69 Å². The molecular weight excluding hydrogens is 267 g/mol. The fraction of sp³-hybridized carbons (Fsp3) is 0.0769. The van der Waals surface area contributed by atoms with Crippen LogP contribution in [0.3, 0.4) is 0 Å². The molecule has 0 amide bonds. The predicted octanol–water partition coefficient (Wildman–Crippen LogP) is 3.61. The molecule has 0 spiro atoms. The van der Waals surface area contributed by atoms with E-state index in [4.69, 9.17) is 5.73 Å². The average Bonchev–Trinajstić information content (AvgIpc) is 2.36. The van der Waals surface area contributed by atoms with E-state index in [2.05, 4.69) is 0 Å². The summed E-state index contributed by atoms with van der Waals surface area (Å²) in [6.45, 7) is 0. The van der Waals surface area contributed by atoms with E-state index in [0.717, 1.165) is 11.0 Å². The molecule has 0 aromatic heterocycles. The van der Waals surface area contributed by atoms with E-state index in [-0.39, 0.29) is 5.69 Å². The summed E-state index contributed by atoms with van der Waals surface area (Å²) in [5.74, 6) is -0.161. The molecule has 0 aliphatic heterocycles. The second-order valence-corrected chi connectivity index (χ2v) is 4.94. The van der Waals surface area contributed by atoms with Crippen LogP contribution < -0.4 is 5.73 Å². The van der Waals surface area contributed by atoms with Crippen LogP contribution in [0.25, 0.3) is 0 Å². The highest BCUT2D eigenvalue weighted by Crippen LogP contribution is 2.29. The molecule has 19 heavy (non-hydrogen) atoms. The summed E-state index contributed by atoms with van der Waals surface area (Å²) in [5.41, 5.74) is 6.56. The molecule has 2 aromatic rings. The van der Waals surface area contributed by atoms with E-state index in [1.807, 2.05) is 6.07 Å². The number of rotatable bonds is 4. The standard InChI is InChI=1S/C13H11FN2O2S/c14-10-4-5-13(16(17)18)9(6-10)8-19-12-3-1-2-11(15)7-12/h1-7H,8,15H2. The van der Waals surface area contributed by atoms with Crippen molar-refractivity contribution in [3.8, 4) is 0 Å². The van der Waals surface area contributed by atoms with Gasteiger partial charge in [-0.25, -0.2) is 4.39 Å². The lowest BCUT2D eigenvalue weighted by Gasteiger charge is -2.04. The third kappa shape index (κ3) is 3.45. The van der Waals surface area contributed by atoms with Crippen molar-refractivity contribution in [3.05, 3.63) is 64.0 Å². The molecule has 0 saturated carbocycles. The van der Waals surface area contributed by atoms with Crippen molar-refractivity contribution >= 4 is 23.1 Å². The Balaban J connectivity index is 2.19. The number of anilines is 1. The highest BCUT2D eigenvalue weighted by molar-refractivity contribution is 7.98. The van der Waals surface area contributed by atoms with Crippen molar-refractivity contribution in [2.24, 2.45) is 0 Å². The first kappa shape index (κ1) is 13.4. The maximum atomic E-state index is 13.1. The number of nitro benzene ring substituents is 1. The quantitative estimate of drug-likeness (QED) is 0.401. The van der Waals surface area contributed by atoms with Crippen molar-refractivity contribution in [1.29, 1.82) is 0 Å². The fourth-order valence-corrected chi connectivity index (χ4v) is 2.56. The van der Waals surface area contributed by atoms with Crippen molar-refractivity contribution in [2.75, 3.05) is 5.73 Å². The van der Waals surface area contributed by atoms with Crippen LogP contribution in [0, 0.1) is 15.9 Å². The van der Waals surface area contributed by atoms with E-state index >= 15 is 0 Å². The highest BCUT2D eigenvalue weighted by atomic mass is 32.2. The van der Waals surface area contributed by atoms with Crippen molar-refractivity contribution < 1.29 is 9.31 Å². The molecular formula is C13H11FN2O2S. The van der Waals surface area contributed by atoms with Crippen LogP contribution in [0.4, 0.5) is 15.8 Å². The van der Waals surface area contributed by atoms with Crippen LogP contribution in [-0.2, 0) is 5.75 Å². The first-order valence-corrected chi connectivity index (χ1v) is 6.46. The van der Waals surface area contributed by atoms with Crippen LogP contribution in [0.1, 0.15) is 5.56 Å². The third-order valence-electron chi connectivity index (χ3n) is 2.49. The maximum Gasteiger partial charge on any atom is 0.273 e. The molecule has 2 aromatic carbocycles. The number of nitro groups is 1. The van der Waals surface area contributed by atoms with Crippen molar-refractivity contribution in [2.45, 2.75) is 10.6 Å². The van der Waals surface area contributed by atoms with Gasteiger partial charge in [-0.15, -0.1) is 11.8 Å². The molecule has 0 unspecified atom stereocenters. The molecule has 0 heterocycles. The molecule has 0 radical (unpaired) electrons. The predicted molar refractivity (Wildman–Crippen MR) is 73.5 cm³/mol. The molecule has 0 fully saturated rings. The Hall–Kier alpha value is -2.08. The summed E-state index contributed by atoms with van der Waals surface area (Å²) in [6, 6.07) is 10.7. The van der Waals surface area contributed by atoms with Gasteiger partial charge in [-0.2, -0.15) is 0 Å². The Morgan fingerprint density at radius 1 is 1.26 bits per heavy atom. The molecule has 0 bridgehead atoms. The first-order chi connectivity index (χ1) is 9.06. The SMILES string of the molecule is Nc1cccc(SCc2cc(F)ccc2[N+](=O)[O-])c1. The summed E-state index contributed by atoms with van der Waals surface area (Å²) < 4.78 is 13.1. The minimum Gasteiger partial charge on any atom is -0.399 e. The Bertz CT molecular complexity index is 619. The summed E-state index contributed by atoms with van der Waals surface area (Å²) in [5, 5.41) is 10.9. The van der Waals surface area contributed by atoms with Gasteiger partial charge in [-0.1, -0.05) is 6.07 Å². The zero-order chi connectivity index (χ0) is 13.8. The molecule has 0 atom stereocenters. The lowest BCUT2D eigenvalue weighted by molar-refractivity contribution is -0.385. The van der Waals surface area contributed by atoms with Crippen LogP contribution >= 0.6 is 11.8 Å². The van der Waals surface area contributed by atoms with Crippen LogP contribution in [0.2, 0.25) is 0 Å². The number of hydrogen-bond donors (Lipinski definition) is 1. The number of benzene rings is 2. The molecule has 2 rings (SSSR count). The lowest BCUT2D eigenvalue weighted by atomic mass is 10.2. The second kappa shape index (κ2) is 5.71. The van der Waals surface area contributed by atoms with E-state index < -0.39 is 10.7 Å². The normalized spacial score (nSPS) is 10.4. The van der Waals surface area contributed by atoms with Crippen molar-refractivity contribution in [3.63, 3.8) is 0 Å². The fourth-order valence-electron chi connectivity index (χ4n) is 1.61. The molecule has 0 aliphatic carbocycles. The van der Waals surface area contributed by atoms with E-state index in [9.17, 15) is 14.5 Å². The van der Waals surface area contributed by atoms with Gasteiger partial charge in [0, 0.05) is 28.0 Å². The number of thioether (sulfide) groups is 1. The minimum absolute atomic E-state index is 0.0715. The Morgan fingerprint density at radius 3 is 2.74 bits per heavy atom. The zero-order valence-electron chi connectivity index (χ0n) is 9.88. The average molecular weight is 278 g/mol. The number of hydrogen-bond acceptors (Lipinski definition) is 4. The van der Waals surface area contributed by atoms with E-state index in [1.165, 1.54) is 23.9 Å². The molecule has 2 N–H and O–H groups in total. The number of nitrogen functional groups attached to an aromatic ring is 1. The molecule has 0 aliphatic rings. The number of nitrogens with zero attached hydrogens (tertiary/aromatic N) is 1. The maximum absolute atomic E-state index is 13.1. The monoisotopic (exact) mass is 278 g/mol. The summed E-state index contributed by atoms with van der Waals surface area (Å²) >= 11 is 1.38. The molecule has 4 nitrogen and oxygen atoms in total. The van der Waals surface area contributed by atoms with Gasteiger partial charge in [-0.05, 0) is 30.3 Å². The second-order valence-electron chi connectivity index (χ2n) is 3.89. The smallest absolute Gasteiger partial charge is 0.273 e. The van der Waals surface area contributed by atoms with Gasteiger partial charge in [0.15, 0.2) is 0 Å². The number of halogens is 1. The topological polar surface area (TPSA) is 69.2 Å². The highest BCUT2D eigenvalue weighted by Gasteiger charge is 2.14. The van der Waals surface area contributed by atoms with E-state index in [1.54, 1.807) is 18.2 Å². The minimum atomic E-state index is -0.505. The van der Waals surface area contributed by atoms with Crippen LogP contribution in [0.5, 0.6) is 0 Å². The molecule has 6 heteroatoms. The van der Waals surface area contributed by atoms with E-state index in [0.29, 0.717) is 17.0 Å². The van der Waals surface area contributed by atoms with Gasteiger partial charge in [0.1, 0.15) is 5.82 Å². The van der Waals surface area contributed by atoms with Gasteiger partial charge in [-0.3, -0.25) is 10.1 Å². The van der Waals surface area contributed by atoms with Gasteiger partial charge < -0.3 is 5.73 Å². The summed E-state index contributed by atoms with van der Waals surface area (Å²) in [6.07, 6.45) is 0. The van der Waals surface area contributed by atoms with Gasteiger partial charge >= 0.3 is 0 Å². The third-order valence-corrected chi connectivity index (χ3v) is 3.53. The van der Waals surface area contributed by atoms with Crippen LogP contribution in [-0.4, -0.2) is 4.92 Å². The lowest BCUT2D eigenvalue weighted by Crippen LogP contribution is -1.95. The zero-order valence-corrected chi connectivity index (χ0v) is 10.7. The Kier molecular flexibility index (Phi) is 4.01. The number of nitrogens with two attached hydrogens (primary N) is 1. The van der Waals surface area contributed by atoms with Gasteiger partial charge in [0.2, 0.25) is 0 Å². The Morgan fingerprint density at radius 2 is 2.05 bits per heavy atom. The van der Waals surface area contributed by atoms with Crippen molar-refractivity contribution in [1.82, 2.24) is 0 Å². The molecule has 0 saturated heterocycles. The molecule has 98 valence electrons. The largest absolute Gasteiger partial charge is 0.399 e.